The number of amides is 1. The number of rotatable bonds is 1. The average molecular weight is 336 g/mol. The fourth-order valence-electron chi connectivity index (χ4n) is 1.03. The molecular formula is C10H12Br2N2O. The van der Waals surface area contributed by atoms with E-state index in [-0.39, 0.29) is 11.4 Å². The van der Waals surface area contributed by atoms with E-state index in [1.54, 1.807) is 12.4 Å². The Kier molecular flexibility index (Phi) is 3.89. The van der Waals surface area contributed by atoms with Crippen molar-refractivity contribution in [3.63, 3.8) is 0 Å². The molecule has 1 N–H and O–H groups in total. The zero-order chi connectivity index (χ0) is 11.6. The highest BCUT2D eigenvalue weighted by atomic mass is 79.9. The SMILES string of the molecule is CC(C)(C)NC(=O)c1c(Br)cncc1Br. The molecule has 0 aliphatic carbocycles. The van der Waals surface area contributed by atoms with Gasteiger partial charge in [-0.25, -0.2) is 0 Å². The number of aromatic nitrogens is 1. The number of pyridine rings is 1. The van der Waals surface area contributed by atoms with Crippen molar-refractivity contribution in [3.05, 3.63) is 26.9 Å². The monoisotopic (exact) mass is 334 g/mol. The van der Waals surface area contributed by atoms with Gasteiger partial charge >= 0.3 is 0 Å². The van der Waals surface area contributed by atoms with Crippen LogP contribution >= 0.6 is 31.9 Å². The van der Waals surface area contributed by atoms with Crippen LogP contribution in [0.1, 0.15) is 31.1 Å². The molecule has 1 rings (SSSR count). The van der Waals surface area contributed by atoms with E-state index in [0.717, 1.165) is 0 Å². The molecule has 0 aliphatic rings. The van der Waals surface area contributed by atoms with Crippen molar-refractivity contribution in [3.8, 4) is 0 Å². The molecule has 1 amide bonds. The number of halogens is 2. The van der Waals surface area contributed by atoms with Crippen molar-refractivity contribution in [2.75, 3.05) is 0 Å². The highest BCUT2D eigenvalue weighted by molar-refractivity contribution is 9.11. The minimum atomic E-state index is -0.251. The number of carbonyl (C=O) groups is 1. The van der Waals surface area contributed by atoms with Crippen LogP contribution in [-0.4, -0.2) is 16.4 Å². The summed E-state index contributed by atoms with van der Waals surface area (Å²) in [5.74, 6) is -0.122. The Balaban J connectivity index is 3.02. The molecule has 0 unspecified atom stereocenters. The van der Waals surface area contributed by atoms with Gasteiger partial charge in [0, 0.05) is 26.9 Å². The second-order valence-electron chi connectivity index (χ2n) is 4.18. The number of nitrogens with one attached hydrogen (secondary N) is 1. The minimum Gasteiger partial charge on any atom is -0.347 e. The van der Waals surface area contributed by atoms with Gasteiger partial charge in [-0.3, -0.25) is 9.78 Å². The van der Waals surface area contributed by atoms with Crippen molar-refractivity contribution >= 4 is 37.8 Å². The summed E-state index contributed by atoms with van der Waals surface area (Å²) in [7, 11) is 0. The smallest absolute Gasteiger partial charge is 0.254 e. The molecule has 0 bridgehead atoms. The maximum absolute atomic E-state index is 11.9. The van der Waals surface area contributed by atoms with Crippen LogP contribution in [0.25, 0.3) is 0 Å². The van der Waals surface area contributed by atoms with Gasteiger partial charge in [-0.05, 0) is 52.6 Å². The molecule has 0 atom stereocenters. The van der Waals surface area contributed by atoms with Crippen LogP contribution in [0.15, 0.2) is 21.3 Å². The van der Waals surface area contributed by atoms with E-state index >= 15 is 0 Å². The molecule has 3 nitrogen and oxygen atoms in total. The highest BCUT2D eigenvalue weighted by Crippen LogP contribution is 2.24. The Morgan fingerprint density at radius 1 is 1.27 bits per heavy atom. The summed E-state index contributed by atoms with van der Waals surface area (Å²) in [5, 5.41) is 2.89. The first-order valence-corrected chi connectivity index (χ1v) is 6.01. The summed E-state index contributed by atoms with van der Waals surface area (Å²) in [4.78, 5) is 15.9. The second-order valence-corrected chi connectivity index (χ2v) is 5.89. The molecule has 1 aromatic heterocycles. The number of nitrogens with zero attached hydrogens (tertiary/aromatic N) is 1. The third kappa shape index (κ3) is 3.57. The molecule has 15 heavy (non-hydrogen) atoms. The maximum atomic E-state index is 11.9. The summed E-state index contributed by atoms with van der Waals surface area (Å²) in [5.41, 5.74) is 0.319. The van der Waals surface area contributed by atoms with Crippen molar-refractivity contribution in [2.24, 2.45) is 0 Å². The quantitative estimate of drug-likeness (QED) is 0.856. The maximum Gasteiger partial charge on any atom is 0.254 e. The molecule has 0 saturated carbocycles. The molecule has 82 valence electrons. The van der Waals surface area contributed by atoms with Crippen molar-refractivity contribution in [1.29, 1.82) is 0 Å². The van der Waals surface area contributed by atoms with Gasteiger partial charge in [-0.2, -0.15) is 0 Å². The summed E-state index contributed by atoms with van der Waals surface area (Å²) in [6.45, 7) is 5.82. The summed E-state index contributed by atoms with van der Waals surface area (Å²) in [6.07, 6.45) is 3.20. The molecule has 1 heterocycles. The van der Waals surface area contributed by atoms with Gasteiger partial charge in [0.15, 0.2) is 0 Å². The molecule has 1 aromatic rings. The van der Waals surface area contributed by atoms with Crippen LogP contribution in [-0.2, 0) is 0 Å². The van der Waals surface area contributed by atoms with Crippen molar-refractivity contribution in [1.82, 2.24) is 10.3 Å². The zero-order valence-corrected chi connectivity index (χ0v) is 11.9. The third-order valence-electron chi connectivity index (χ3n) is 1.57. The van der Waals surface area contributed by atoms with Crippen LogP contribution in [0.4, 0.5) is 0 Å². The van der Waals surface area contributed by atoms with E-state index < -0.39 is 0 Å². The van der Waals surface area contributed by atoms with Crippen LogP contribution < -0.4 is 5.32 Å². The molecular weight excluding hydrogens is 324 g/mol. The predicted octanol–water partition coefficient (Wildman–Crippen LogP) is 3.13. The molecule has 0 saturated heterocycles. The van der Waals surface area contributed by atoms with E-state index in [1.807, 2.05) is 20.8 Å². The van der Waals surface area contributed by atoms with Gasteiger partial charge in [0.2, 0.25) is 0 Å². The lowest BCUT2D eigenvalue weighted by molar-refractivity contribution is 0.0918. The molecule has 0 aliphatic heterocycles. The Morgan fingerprint density at radius 3 is 2.13 bits per heavy atom. The van der Waals surface area contributed by atoms with Gasteiger partial charge in [0.25, 0.3) is 5.91 Å². The summed E-state index contributed by atoms with van der Waals surface area (Å²) < 4.78 is 1.36. The van der Waals surface area contributed by atoms with E-state index in [2.05, 4.69) is 42.2 Å². The van der Waals surface area contributed by atoms with E-state index in [0.29, 0.717) is 14.5 Å². The Labute approximate surface area is 106 Å². The normalized spacial score (nSPS) is 11.3. The van der Waals surface area contributed by atoms with Gasteiger partial charge in [-0.15, -0.1) is 0 Å². The predicted molar refractivity (Wildman–Crippen MR) is 66.9 cm³/mol. The fourth-order valence-corrected chi connectivity index (χ4v) is 2.32. The number of hydrogen-bond donors (Lipinski definition) is 1. The van der Waals surface area contributed by atoms with E-state index in [9.17, 15) is 4.79 Å². The number of hydrogen-bond acceptors (Lipinski definition) is 2. The first-order chi connectivity index (χ1) is 6.81. The van der Waals surface area contributed by atoms with E-state index in [4.69, 9.17) is 0 Å². The molecule has 5 heteroatoms. The van der Waals surface area contributed by atoms with Crippen LogP contribution in [0, 0.1) is 0 Å². The van der Waals surface area contributed by atoms with E-state index in [1.165, 1.54) is 0 Å². The highest BCUT2D eigenvalue weighted by Gasteiger charge is 2.19. The van der Waals surface area contributed by atoms with Gasteiger partial charge in [0.05, 0.1) is 5.56 Å². The van der Waals surface area contributed by atoms with Crippen molar-refractivity contribution in [2.45, 2.75) is 26.3 Å². The summed E-state index contributed by atoms with van der Waals surface area (Å²) >= 11 is 6.60. The molecule has 0 fully saturated rings. The fraction of sp³-hybridized carbons (Fsp3) is 0.400. The Bertz CT molecular complexity index is 365. The first-order valence-electron chi connectivity index (χ1n) is 4.43. The molecule has 0 aromatic carbocycles. The van der Waals surface area contributed by atoms with Crippen LogP contribution in [0.3, 0.4) is 0 Å². The van der Waals surface area contributed by atoms with Gasteiger partial charge in [0.1, 0.15) is 0 Å². The standard InChI is InChI=1S/C10H12Br2N2O/c1-10(2,3)14-9(15)8-6(11)4-13-5-7(8)12/h4-5H,1-3H3,(H,14,15). The Morgan fingerprint density at radius 2 is 1.73 bits per heavy atom. The lowest BCUT2D eigenvalue weighted by Gasteiger charge is -2.21. The van der Waals surface area contributed by atoms with Gasteiger partial charge < -0.3 is 5.32 Å². The minimum absolute atomic E-state index is 0.122. The average Bonchev–Trinajstić information content (AvgIpc) is 1.99. The largest absolute Gasteiger partial charge is 0.347 e. The Hall–Kier alpha value is -0.420. The second kappa shape index (κ2) is 4.61. The molecule has 0 radical (unpaired) electrons. The van der Waals surface area contributed by atoms with Crippen molar-refractivity contribution < 1.29 is 4.79 Å². The topological polar surface area (TPSA) is 42.0 Å². The summed E-state index contributed by atoms with van der Waals surface area (Å²) in [6, 6.07) is 0. The first kappa shape index (κ1) is 12.6. The zero-order valence-electron chi connectivity index (χ0n) is 8.77. The third-order valence-corrected chi connectivity index (χ3v) is 2.77. The lowest BCUT2D eigenvalue weighted by Crippen LogP contribution is -2.40. The van der Waals surface area contributed by atoms with Gasteiger partial charge in [-0.1, -0.05) is 0 Å². The van der Waals surface area contributed by atoms with Crippen LogP contribution in [0.2, 0.25) is 0 Å². The lowest BCUT2D eigenvalue weighted by atomic mass is 10.1. The molecule has 0 spiro atoms. The number of carbonyl (C=O) groups excluding carboxylic acids is 1. The van der Waals surface area contributed by atoms with Crippen LogP contribution in [0.5, 0.6) is 0 Å².